The molecule has 1 saturated heterocycles. The summed E-state index contributed by atoms with van der Waals surface area (Å²) in [6.45, 7) is 6.89. The number of piperidine rings is 1. The first kappa shape index (κ1) is 11.3. The summed E-state index contributed by atoms with van der Waals surface area (Å²) < 4.78 is 0. The largest absolute Gasteiger partial charge is 0.367 e. The van der Waals surface area contributed by atoms with Crippen molar-refractivity contribution in [2.75, 3.05) is 18.4 Å². The summed E-state index contributed by atoms with van der Waals surface area (Å²) in [4.78, 5) is 10.6. The van der Waals surface area contributed by atoms with E-state index in [0.717, 1.165) is 5.82 Å². The van der Waals surface area contributed by atoms with Gasteiger partial charge in [0, 0.05) is 31.4 Å². The number of nitrogens with one attached hydrogen (secondary N) is 1. The number of hydrogen-bond donors (Lipinski definition) is 1. The molecule has 1 aromatic rings. The SMILES string of the molecule is CC(C)N1CCC(Nc2ccncn2)CC1. The molecule has 1 aliphatic heterocycles. The number of aromatic nitrogens is 2. The summed E-state index contributed by atoms with van der Waals surface area (Å²) in [5.74, 6) is 0.943. The van der Waals surface area contributed by atoms with Crippen LogP contribution in [0.25, 0.3) is 0 Å². The number of likely N-dealkylation sites (tertiary alicyclic amines) is 1. The third-order valence-corrected chi connectivity index (χ3v) is 3.19. The maximum Gasteiger partial charge on any atom is 0.129 e. The van der Waals surface area contributed by atoms with Gasteiger partial charge >= 0.3 is 0 Å². The van der Waals surface area contributed by atoms with Gasteiger partial charge in [0.15, 0.2) is 0 Å². The van der Waals surface area contributed by atoms with Gasteiger partial charge in [-0.05, 0) is 32.8 Å². The zero-order valence-electron chi connectivity index (χ0n) is 10.1. The fraction of sp³-hybridized carbons (Fsp3) is 0.667. The van der Waals surface area contributed by atoms with Crippen LogP contribution in [0, 0.1) is 0 Å². The van der Waals surface area contributed by atoms with Crippen LogP contribution in [0.3, 0.4) is 0 Å². The van der Waals surface area contributed by atoms with E-state index in [9.17, 15) is 0 Å². The van der Waals surface area contributed by atoms with Crippen LogP contribution >= 0.6 is 0 Å². The number of rotatable bonds is 3. The first-order chi connectivity index (χ1) is 7.75. The molecule has 2 rings (SSSR count). The van der Waals surface area contributed by atoms with Gasteiger partial charge in [-0.2, -0.15) is 0 Å². The zero-order chi connectivity index (χ0) is 11.4. The first-order valence-corrected chi connectivity index (χ1v) is 6.02. The normalized spacial score (nSPS) is 18.9. The van der Waals surface area contributed by atoms with E-state index in [-0.39, 0.29) is 0 Å². The van der Waals surface area contributed by atoms with E-state index in [1.54, 1.807) is 12.5 Å². The molecule has 0 aromatic carbocycles. The second-order valence-corrected chi connectivity index (χ2v) is 4.64. The predicted octanol–water partition coefficient (Wildman–Crippen LogP) is 1.76. The summed E-state index contributed by atoms with van der Waals surface area (Å²) in [5.41, 5.74) is 0. The van der Waals surface area contributed by atoms with Crippen molar-refractivity contribution < 1.29 is 0 Å². The molecule has 0 spiro atoms. The summed E-state index contributed by atoms with van der Waals surface area (Å²) in [7, 11) is 0. The summed E-state index contributed by atoms with van der Waals surface area (Å²) >= 11 is 0. The molecule has 0 aliphatic carbocycles. The Morgan fingerprint density at radius 1 is 1.38 bits per heavy atom. The van der Waals surface area contributed by atoms with Crippen molar-refractivity contribution in [3.8, 4) is 0 Å². The number of anilines is 1. The third kappa shape index (κ3) is 2.92. The van der Waals surface area contributed by atoms with Crippen LogP contribution < -0.4 is 5.32 Å². The molecule has 88 valence electrons. The Morgan fingerprint density at radius 2 is 2.12 bits per heavy atom. The van der Waals surface area contributed by atoms with E-state index >= 15 is 0 Å². The molecular formula is C12H20N4. The molecule has 0 unspecified atom stereocenters. The second-order valence-electron chi connectivity index (χ2n) is 4.64. The van der Waals surface area contributed by atoms with Crippen molar-refractivity contribution in [3.63, 3.8) is 0 Å². The van der Waals surface area contributed by atoms with E-state index in [4.69, 9.17) is 0 Å². The molecule has 1 N–H and O–H groups in total. The van der Waals surface area contributed by atoms with Gasteiger partial charge in [0.25, 0.3) is 0 Å². The van der Waals surface area contributed by atoms with Crippen LogP contribution in [0.2, 0.25) is 0 Å². The Morgan fingerprint density at radius 3 is 2.69 bits per heavy atom. The quantitative estimate of drug-likeness (QED) is 0.842. The summed E-state index contributed by atoms with van der Waals surface area (Å²) in [5, 5.41) is 3.46. The van der Waals surface area contributed by atoms with E-state index in [1.165, 1.54) is 25.9 Å². The molecule has 4 heteroatoms. The summed E-state index contributed by atoms with van der Waals surface area (Å²) in [6.07, 6.45) is 5.76. The summed E-state index contributed by atoms with van der Waals surface area (Å²) in [6, 6.07) is 3.15. The number of hydrogen-bond acceptors (Lipinski definition) is 4. The van der Waals surface area contributed by atoms with Gasteiger partial charge in [-0.3, -0.25) is 0 Å². The monoisotopic (exact) mass is 220 g/mol. The molecule has 0 radical (unpaired) electrons. The highest BCUT2D eigenvalue weighted by molar-refractivity contribution is 5.33. The minimum Gasteiger partial charge on any atom is -0.367 e. The van der Waals surface area contributed by atoms with Crippen LogP contribution in [-0.4, -0.2) is 40.0 Å². The van der Waals surface area contributed by atoms with Crippen LogP contribution in [0.4, 0.5) is 5.82 Å². The van der Waals surface area contributed by atoms with Crippen molar-refractivity contribution >= 4 is 5.82 Å². The van der Waals surface area contributed by atoms with E-state index in [1.807, 2.05) is 6.07 Å². The van der Waals surface area contributed by atoms with Gasteiger partial charge in [0.1, 0.15) is 12.1 Å². The molecule has 4 nitrogen and oxygen atoms in total. The van der Waals surface area contributed by atoms with Crippen molar-refractivity contribution in [2.24, 2.45) is 0 Å². The van der Waals surface area contributed by atoms with Gasteiger partial charge < -0.3 is 10.2 Å². The molecule has 0 saturated carbocycles. The van der Waals surface area contributed by atoms with Crippen molar-refractivity contribution in [3.05, 3.63) is 18.6 Å². The lowest BCUT2D eigenvalue weighted by Crippen LogP contribution is -2.42. The Balaban J connectivity index is 1.82. The molecule has 1 fully saturated rings. The molecule has 0 atom stereocenters. The molecule has 1 aromatic heterocycles. The molecule has 0 amide bonds. The Hall–Kier alpha value is -1.16. The highest BCUT2D eigenvalue weighted by atomic mass is 15.2. The fourth-order valence-corrected chi connectivity index (χ4v) is 2.15. The first-order valence-electron chi connectivity index (χ1n) is 6.02. The Bertz CT molecular complexity index is 304. The van der Waals surface area contributed by atoms with Gasteiger partial charge in [0.05, 0.1) is 0 Å². The highest BCUT2D eigenvalue weighted by Crippen LogP contribution is 2.16. The van der Waals surface area contributed by atoms with Crippen molar-refractivity contribution in [1.82, 2.24) is 14.9 Å². The van der Waals surface area contributed by atoms with E-state index in [2.05, 4.69) is 34.0 Å². The standard InChI is InChI=1S/C12H20N4/c1-10(2)16-7-4-11(5-8-16)15-12-3-6-13-9-14-12/h3,6,9-11H,4-5,7-8H2,1-2H3,(H,13,14,15). The maximum absolute atomic E-state index is 4.19. The molecule has 0 bridgehead atoms. The lowest BCUT2D eigenvalue weighted by Gasteiger charge is -2.35. The van der Waals surface area contributed by atoms with Gasteiger partial charge in [-0.1, -0.05) is 0 Å². The second kappa shape index (κ2) is 5.25. The highest BCUT2D eigenvalue weighted by Gasteiger charge is 2.20. The topological polar surface area (TPSA) is 41.0 Å². The maximum atomic E-state index is 4.19. The van der Waals surface area contributed by atoms with Crippen molar-refractivity contribution in [1.29, 1.82) is 0 Å². The minimum atomic E-state index is 0.560. The van der Waals surface area contributed by atoms with Crippen LogP contribution in [0.5, 0.6) is 0 Å². The number of nitrogens with zero attached hydrogens (tertiary/aromatic N) is 3. The van der Waals surface area contributed by atoms with Gasteiger partial charge in [-0.15, -0.1) is 0 Å². The lowest BCUT2D eigenvalue weighted by atomic mass is 10.0. The fourth-order valence-electron chi connectivity index (χ4n) is 2.15. The Kier molecular flexibility index (Phi) is 3.72. The predicted molar refractivity (Wildman–Crippen MR) is 65.4 cm³/mol. The lowest BCUT2D eigenvalue weighted by molar-refractivity contribution is 0.177. The molecule has 16 heavy (non-hydrogen) atoms. The smallest absolute Gasteiger partial charge is 0.129 e. The minimum absolute atomic E-state index is 0.560. The molecular weight excluding hydrogens is 200 g/mol. The average Bonchev–Trinajstić information content (AvgIpc) is 2.31. The third-order valence-electron chi connectivity index (χ3n) is 3.19. The van der Waals surface area contributed by atoms with Crippen LogP contribution in [0.15, 0.2) is 18.6 Å². The van der Waals surface area contributed by atoms with E-state index in [0.29, 0.717) is 12.1 Å². The van der Waals surface area contributed by atoms with Gasteiger partial charge in [0.2, 0.25) is 0 Å². The van der Waals surface area contributed by atoms with Crippen molar-refractivity contribution in [2.45, 2.75) is 38.8 Å². The average molecular weight is 220 g/mol. The van der Waals surface area contributed by atoms with Crippen LogP contribution in [-0.2, 0) is 0 Å². The van der Waals surface area contributed by atoms with Crippen LogP contribution in [0.1, 0.15) is 26.7 Å². The Labute approximate surface area is 97.1 Å². The molecule has 1 aliphatic rings. The molecule has 2 heterocycles. The van der Waals surface area contributed by atoms with E-state index < -0.39 is 0 Å². The van der Waals surface area contributed by atoms with Gasteiger partial charge in [-0.25, -0.2) is 9.97 Å². The zero-order valence-corrected chi connectivity index (χ0v) is 10.1.